The Morgan fingerprint density at radius 2 is 1.77 bits per heavy atom. The summed E-state index contributed by atoms with van der Waals surface area (Å²) in [6.07, 6.45) is 0. The molecule has 0 bridgehead atoms. The van der Waals surface area contributed by atoms with E-state index in [-0.39, 0.29) is 12.7 Å². The fourth-order valence-electron chi connectivity index (χ4n) is 3.68. The summed E-state index contributed by atoms with van der Waals surface area (Å²) < 4.78 is 10.6. The van der Waals surface area contributed by atoms with Crippen LogP contribution in [0, 0.1) is 0 Å². The van der Waals surface area contributed by atoms with Crippen LogP contribution in [0.15, 0.2) is 54.6 Å². The van der Waals surface area contributed by atoms with Crippen LogP contribution in [0.2, 0.25) is 0 Å². The third-order valence-electron chi connectivity index (χ3n) is 5.53. The van der Waals surface area contributed by atoms with E-state index >= 15 is 0 Å². The van der Waals surface area contributed by atoms with E-state index in [1.54, 1.807) is 18.2 Å². The lowest BCUT2D eigenvalue weighted by Crippen LogP contribution is -2.44. The van der Waals surface area contributed by atoms with Crippen molar-refractivity contribution in [1.82, 2.24) is 15.1 Å². The molecule has 1 N–H and O–H groups in total. The van der Waals surface area contributed by atoms with Crippen LogP contribution in [-0.2, 0) is 0 Å². The second-order valence-corrected chi connectivity index (χ2v) is 7.67. The van der Waals surface area contributed by atoms with Crippen LogP contribution in [-0.4, -0.2) is 61.0 Å². The molecule has 1 saturated heterocycles. The third-order valence-corrected chi connectivity index (χ3v) is 5.53. The molecule has 8 nitrogen and oxygen atoms in total. The summed E-state index contributed by atoms with van der Waals surface area (Å²) in [6.45, 7) is 4.12. The molecule has 0 saturated carbocycles. The number of carbonyl (C=O) groups is 1. The van der Waals surface area contributed by atoms with Crippen LogP contribution < -0.4 is 19.7 Å². The van der Waals surface area contributed by atoms with Crippen LogP contribution in [0.5, 0.6) is 11.5 Å². The Kier molecular flexibility index (Phi) is 5.13. The normalized spacial score (nSPS) is 15.7. The van der Waals surface area contributed by atoms with E-state index < -0.39 is 0 Å². The zero-order valence-electron chi connectivity index (χ0n) is 17.2. The lowest BCUT2D eigenvalue weighted by molar-refractivity contribution is 0.102. The van der Waals surface area contributed by atoms with Crippen LogP contribution in [0.25, 0.3) is 11.3 Å². The highest BCUT2D eigenvalue weighted by atomic mass is 16.7. The largest absolute Gasteiger partial charge is 0.454 e. The van der Waals surface area contributed by atoms with Crippen molar-refractivity contribution in [3.63, 3.8) is 0 Å². The van der Waals surface area contributed by atoms with E-state index in [0.29, 0.717) is 22.7 Å². The maximum Gasteiger partial charge on any atom is 0.255 e. The Labute approximate surface area is 180 Å². The molecule has 31 heavy (non-hydrogen) atoms. The summed E-state index contributed by atoms with van der Waals surface area (Å²) in [5, 5.41) is 11.8. The number of benzene rings is 2. The highest BCUT2D eigenvalue weighted by Crippen LogP contribution is 2.32. The molecule has 2 aliphatic heterocycles. The molecule has 1 amide bonds. The zero-order valence-corrected chi connectivity index (χ0v) is 17.2. The topological polar surface area (TPSA) is 79.8 Å². The highest BCUT2D eigenvalue weighted by Gasteiger charge is 2.17. The summed E-state index contributed by atoms with van der Waals surface area (Å²) >= 11 is 0. The molecule has 0 radical (unpaired) electrons. The summed E-state index contributed by atoms with van der Waals surface area (Å²) in [5.74, 6) is 1.91. The number of nitrogens with one attached hydrogen (secondary N) is 1. The van der Waals surface area contributed by atoms with Gasteiger partial charge in [0.05, 0.1) is 5.69 Å². The van der Waals surface area contributed by atoms with E-state index in [1.807, 2.05) is 36.4 Å². The molecule has 2 aliphatic rings. The van der Waals surface area contributed by atoms with Crippen molar-refractivity contribution in [1.29, 1.82) is 0 Å². The number of carbonyl (C=O) groups excluding carboxylic acids is 1. The lowest BCUT2D eigenvalue weighted by atomic mass is 10.1. The summed E-state index contributed by atoms with van der Waals surface area (Å²) in [6, 6.07) is 16.7. The molecule has 0 aliphatic carbocycles. The number of ether oxygens (including phenoxy) is 2. The maximum absolute atomic E-state index is 12.7. The summed E-state index contributed by atoms with van der Waals surface area (Å²) in [7, 11) is 2.13. The van der Waals surface area contributed by atoms with Gasteiger partial charge in [-0.2, -0.15) is 0 Å². The number of hydrogen-bond acceptors (Lipinski definition) is 7. The Hall–Kier alpha value is -3.65. The second-order valence-electron chi connectivity index (χ2n) is 7.67. The Morgan fingerprint density at radius 1 is 0.935 bits per heavy atom. The van der Waals surface area contributed by atoms with Gasteiger partial charge in [0, 0.05) is 43.0 Å². The van der Waals surface area contributed by atoms with Crippen LogP contribution >= 0.6 is 0 Å². The minimum atomic E-state index is -0.216. The number of rotatable bonds is 4. The molecule has 5 rings (SSSR count). The molecule has 1 aromatic heterocycles. The predicted molar refractivity (Wildman–Crippen MR) is 118 cm³/mol. The number of amides is 1. The van der Waals surface area contributed by atoms with Crippen molar-refractivity contribution < 1.29 is 14.3 Å². The zero-order chi connectivity index (χ0) is 21.2. The van der Waals surface area contributed by atoms with Gasteiger partial charge in [-0.3, -0.25) is 4.79 Å². The SMILES string of the molecule is CN1CCN(c2ccc(-c3cccc(NC(=O)c4ccc5c(c4)OCO5)c3)nn2)CC1. The fraction of sp³-hybridized carbons (Fsp3) is 0.261. The van der Waals surface area contributed by atoms with Crippen LogP contribution in [0.1, 0.15) is 10.4 Å². The first-order valence-electron chi connectivity index (χ1n) is 10.2. The smallest absolute Gasteiger partial charge is 0.255 e. The minimum Gasteiger partial charge on any atom is -0.454 e. The number of nitrogens with zero attached hydrogens (tertiary/aromatic N) is 4. The van der Waals surface area contributed by atoms with Crippen molar-refractivity contribution >= 4 is 17.4 Å². The van der Waals surface area contributed by atoms with Crippen molar-refractivity contribution in [3.8, 4) is 22.8 Å². The van der Waals surface area contributed by atoms with Crippen LogP contribution in [0.4, 0.5) is 11.5 Å². The van der Waals surface area contributed by atoms with E-state index in [2.05, 4.69) is 32.4 Å². The molecule has 2 aromatic carbocycles. The van der Waals surface area contributed by atoms with E-state index in [4.69, 9.17) is 9.47 Å². The average molecular weight is 417 g/mol. The monoisotopic (exact) mass is 417 g/mol. The molecule has 3 aromatic rings. The van der Waals surface area contributed by atoms with Gasteiger partial charge in [0.15, 0.2) is 17.3 Å². The Bertz CT molecular complexity index is 1090. The molecule has 0 unspecified atom stereocenters. The predicted octanol–water partition coefficient (Wildman–Crippen LogP) is 2.88. The van der Waals surface area contributed by atoms with Gasteiger partial charge in [0.2, 0.25) is 6.79 Å². The number of hydrogen-bond donors (Lipinski definition) is 1. The van der Waals surface area contributed by atoms with Crippen molar-refractivity contribution in [2.45, 2.75) is 0 Å². The fourth-order valence-corrected chi connectivity index (χ4v) is 3.68. The van der Waals surface area contributed by atoms with Gasteiger partial charge in [0.25, 0.3) is 5.91 Å². The molecular formula is C23H23N5O3. The molecule has 3 heterocycles. The first-order valence-corrected chi connectivity index (χ1v) is 10.2. The average Bonchev–Trinajstić information content (AvgIpc) is 3.28. The van der Waals surface area contributed by atoms with Crippen molar-refractivity contribution in [2.24, 2.45) is 0 Å². The first kappa shape index (κ1) is 19.3. The van der Waals surface area contributed by atoms with Gasteiger partial charge < -0.3 is 24.6 Å². The van der Waals surface area contributed by atoms with E-state index in [9.17, 15) is 4.79 Å². The number of fused-ring (bicyclic) bond motifs is 1. The van der Waals surface area contributed by atoms with Gasteiger partial charge in [-0.1, -0.05) is 12.1 Å². The van der Waals surface area contributed by atoms with Gasteiger partial charge in [-0.15, -0.1) is 10.2 Å². The molecule has 0 atom stereocenters. The Balaban J connectivity index is 1.29. The number of piperazine rings is 1. The van der Waals surface area contributed by atoms with Crippen LogP contribution in [0.3, 0.4) is 0 Å². The first-order chi connectivity index (χ1) is 15.2. The highest BCUT2D eigenvalue weighted by molar-refractivity contribution is 6.05. The number of likely N-dealkylation sites (N-methyl/N-ethyl adjacent to an activating group) is 1. The second kappa shape index (κ2) is 8.23. The van der Waals surface area contributed by atoms with Crippen molar-refractivity contribution in [2.75, 3.05) is 50.2 Å². The van der Waals surface area contributed by atoms with Gasteiger partial charge in [-0.25, -0.2) is 0 Å². The Morgan fingerprint density at radius 3 is 2.58 bits per heavy atom. The summed E-state index contributed by atoms with van der Waals surface area (Å²) in [5.41, 5.74) is 2.84. The van der Waals surface area contributed by atoms with Gasteiger partial charge in [-0.05, 0) is 49.5 Å². The van der Waals surface area contributed by atoms with Gasteiger partial charge in [0.1, 0.15) is 0 Å². The number of anilines is 2. The quantitative estimate of drug-likeness (QED) is 0.699. The van der Waals surface area contributed by atoms with E-state index in [1.165, 1.54) is 0 Å². The molecule has 1 fully saturated rings. The lowest BCUT2D eigenvalue weighted by Gasteiger charge is -2.32. The molecular weight excluding hydrogens is 394 g/mol. The number of aromatic nitrogens is 2. The minimum absolute atomic E-state index is 0.178. The van der Waals surface area contributed by atoms with E-state index in [0.717, 1.165) is 43.3 Å². The summed E-state index contributed by atoms with van der Waals surface area (Å²) in [4.78, 5) is 17.2. The molecule has 8 heteroatoms. The van der Waals surface area contributed by atoms with Gasteiger partial charge >= 0.3 is 0 Å². The maximum atomic E-state index is 12.7. The van der Waals surface area contributed by atoms with Crippen molar-refractivity contribution in [3.05, 3.63) is 60.2 Å². The standard InChI is InChI=1S/C23H23N5O3/c1-27-9-11-28(12-10-27)22-8-6-19(25-26-22)16-3-2-4-18(13-16)24-23(29)17-5-7-20-21(14-17)31-15-30-20/h2-8,13-14H,9-12,15H2,1H3,(H,24,29). The third kappa shape index (κ3) is 4.15. The molecule has 0 spiro atoms. The molecule has 158 valence electrons.